The van der Waals surface area contributed by atoms with Crippen molar-refractivity contribution in [3.05, 3.63) is 59.2 Å². The van der Waals surface area contributed by atoms with Crippen LogP contribution < -0.4 is 10.6 Å². The molecule has 0 radical (unpaired) electrons. The first-order valence-corrected chi connectivity index (χ1v) is 8.69. The number of hydrogen-bond acceptors (Lipinski definition) is 3. The summed E-state index contributed by atoms with van der Waals surface area (Å²) in [5.41, 5.74) is 0.776. The van der Waals surface area contributed by atoms with Crippen LogP contribution >= 0.6 is 0 Å². The summed E-state index contributed by atoms with van der Waals surface area (Å²) < 4.78 is 40.3. The monoisotopic (exact) mass is 391 g/mol. The van der Waals surface area contributed by atoms with Gasteiger partial charge in [-0.3, -0.25) is 9.59 Å². The second-order valence-electron chi connectivity index (χ2n) is 6.98. The van der Waals surface area contributed by atoms with Crippen LogP contribution in [0.4, 0.5) is 24.5 Å². The molecule has 2 amide bonds. The number of anilines is 2. The SMILES string of the molecule is CN(C)CC(=O)Nc1ccc2c(c1)NC(=O)C[C@H]2c1ccccc1C(F)(F)F. The maximum absolute atomic E-state index is 13.4. The van der Waals surface area contributed by atoms with Crippen LogP contribution in [0.25, 0.3) is 0 Å². The van der Waals surface area contributed by atoms with E-state index in [4.69, 9.17) is 0 Å². The Morgan fingerprint density at radius 3 is 2.57 bits per heavy atom. The van der Waals surface area contributed by atoms with Crippen molar-refractivity contribution in [3.8, 4) is 0 Å². The standard InChI is InChI=1S/C20H20F3N3O2/c1-26(2)11-19(28)24-12-7-8-14-15(10-18(27)25-17(14)9-12)13-5-3-4-6-16(13)20(21,22)23/h3-9,15H,10-11H2,1-2H3,(H,24,28)(H,25,27)/t15-/m0/s1. The number of hydrogen-bond donors (Lipinski definition) is 2. The third kappa shape index (κ3) is 4.33. The van der Waals surface area contributed by atoms with E-state index >= 15 is 0 Å². The molecule has 2 N–H and O–H groups in total. The molecule has 0 aliphatic carbocycles. The fourth-order valence-corrected chi connectivity index (χ4v) is 3.37. The number of nitrogens with zero attached hydrogens (tertiary/aromatic N) is 1. The van der Waals surface area contributed by atoms with Crippen LogP contribution in [0.3, 0.4) is 0 Å². The highest BCUT2D eigenvalue weighted by Gasteiger charge is 2.37. The molecule has 1 aliphatic heterocycles. The van der Waals surface area contributed by atoms with Crippen molar-refractivity contribution in [3.63, 3.8) is 0 Å². The molecule has 0 saturated carbocycles. The molecular weight excluding hydrogens is 371 g/mol. The average Bonchev–Trinajstić information content (AvgIpc) is 2.59. The molecule has 1 aliphatic rings. The Hall–Kier alpha value is -2.87. The number of halogens is 3. The fraction of sp³-hybridized carbons (Fsp3) is 0.300. The van der Waals surface area contributed by atoms with Crippen LogP contribution in [0.15, 0.2) is 42.5 Å². The molecule has 3 rings (SSSR count). The molecule has 1 heterocycles. The molecule has 28 heavy (non-hydrogen) atoms. The molecule has 2 aromatic rings. The first kappa shape index (κ1) is 19.9. The van der Waals surface area contributed by atoms with Gasteiger partial charge in [0.05, 0.1) is 12.1 Å². The number of likely N-dealkylation sites (N-methyl/N-ethyl adjacent to an activating group) is 1. The van der Waals surface area contributed by atoms with Crippen molar-refractivity contribution < 1.29 is 22.8 Å². The van der Waals surface area contributed by atoms with E-state index in [2.05, 4.69) is 10.6 Å². The number of amides is 2. The van der Waals surface area contributed by atoms with E-state index in [1.165, 1.54) is 18.2 Å². The van der Waals surface area contributed by atoms with Gasteiger partial charge in [0.1, 0.15) is 0 Å². The van der Waals surface area contributed by atoms with E-state index in [1.807, 2.05) is 0 Å². The van der Waals surface area contributed by atoms with Gasteiger partial charge in [-0.05, 0) is 43.4 Å². The minimum Gasteiger partial charge on any atom is -0.326 e. The Morgan fingerprint density at radius 2 is 1.89 bits per heavy atom. The lowest BCUT2D eigenvalue weighted by molar-refractivity contribution is -0.138. The third-order valence-corrected chi connectivity index (χ3v) is 4.48. The van der Waals surface area contributed by atoms with E-state index in [0.717, 1.165) is 6.07 Å². The van der Waals surface area contributed by atoms with Crippen molar-refractivity contribution in [2.75, 3.05) is 31.3 Å². The fourth-order valence-electron chi connectivity index (χ4n) is 3.37. The number of carbonyl (C=O) groups excluding carboxylic acids is 2. The minimum atomic E-state index is -4.51. The highest BCUT2D eigenvalue weighted by Crippen LogP contribution is 2.43. The number of benzene rings is 2. The predicted octanol–water partition coefficient (Wildman–Crippen LogP) is 3.68. The average molecular weight is 391 g/mol. The molecule has 0 saturated heterocycles. The first-order valence-electron chi connectivity index (χ1n) is 8.69. The number of nitrogens with one attached hydrogen (secondary N) is 2. The lowest BCUT2D eigenvalue weighted by atomic mass is 9.82. The van der Waals surface area contributed by atoms with Crippen molar-refractivity contribution in [2.45, 2.75) is 18.5 Å². The van der Waals surface area contributed by atoms with Crippen LogP contribution in [0.2, 0.25) is 0 Å². The molecule has 0 bridgehead atoms. The van der Waals surface area contributed by atoms with Gasteiger partial charge in [-0.25, -0.2) is 0 Å². The smallest absolute Gasteiger partial charge is 0.326 e. The Labute approximate surface area is 160 Å². The highest BCUT2D eigenvalue weighted by atomic mass is 19.4. The maximum atomic E-state index is 13.4. The Morgan fingerprint density at radius 1 is 1.18 bits per heavy atom. The van der Waals surface area contributed by atoms with Gasteiger partial charge in [-0.15, -0.1) is 0 Å². The van der Waals surface area contributed by atoms with Crippen molar-refractivity contribution in [2.24, 2.45) is 0 Å². The summed E-state index contributed by atoms with van der Waals surface area (Å²) in [5, 5.41) is 5.41. The minimum absolute atomic E-state index is 0.0653. The van der Waals surface area contributed by atoms with E-state index in [0.29, 0.717) is 16.9 Å². The molecule has 5 nitrogen and oxygen atoms in total. The summed E-state index contributed by atoms with van der Waals surface area (Å²) in [5.74, 6) is -1.31. The molecule has 0 aromatic heterocycles. The van der Waals surface area contributed by atoms with Crippen LogP contribution in [-0.4, -0.2) is 37.4 Å². The summed E-state index contributed by atoms with van der Waals surface area (Å²) in [7, 11) is 3.52. The van der Waals surface area contributed by atoms with Crippen LogP contribution in [0.1, 0.15) is 29.0 Å². The zero-order valence-corrected chi connectivity index (χ0v) is 15.4. The summed E-state index contributed by atoms with van der Waals surface area (Å²) in [6.45, 7) is 0.186. The zero-order chi connectivity index (χ0) is 20.5. The van der Waals surface area contributed by atoms with E-state index in [1.54, 1.807) is 37.2 Å². The lowest BCUT2D eigenvalue weighted by Gasteiger charge is -2.28. The van der Waals surface area contributed by atoms with Gasteiger partial charge in [0.15, 0.2) is 0 Å². The van der Waals surface area contributed by atoms with Gasteiger partial charge >= 0.3 is 6.18 Å². The molecule has 148 valence electrons. The number of fused-ring (bicyclic) bond motifs is 1. The summed E-state index contributed by atoms with van der Waals surface area (Å²) in [4.78, 5) is 25.8. The quantitative estimate of drug-likeness (QED) is 0.836. The molecular formula is C20H20F3N3O2. The third-order valence-electron chi connectivity index (χ3n) is 4.48. The van der Waals surface area contributed by atoms with Gasteiger partial charge in [0.2, 0.25) is 11.8 Å². The molecule has 0 fully saturated rings. The highest BCUT2D eigenvalue weighted by molar-refractivity contribution is 5.98. The van der Waals surface area contributed by atoms with Crippen molar-refractivity contribution in [1.29, 1.82) is 0 Å². The Balaban J connectivity index is 1.97. The Kier molecular flexibility index (Phi) is 5.42. The van der Waals surface area contributed by atoms with Gasteiger partial charge in [-0.1, -0.05) is 24.3 Å². The first-order chi connectivity index (χ1) is 13.1. The van der Waals surface area contributed by atoms with Gasteiger partial charge in [0.25, 0.3) is 0 Å². The van der Waals surface area contributed by atoms with Crippen LogP contribution in [0.5, 0.6) is 0 Å². The van der Waals surface area contributed by atoms with Crippen LogP contribution in [0, 0.1) is 0 Å². The zero-order valence-electron chi connectivity index (χ0n) is 15.4. The summed E-state index contributed by atoms with van der Waals surface area (Å²) in [6.07, 6.45) is -4.59. The van der Waals surface area contributed by atoms with E-state index in [9.17, 15) is 22.8 Å². The van der Waals surface area contributed by atoms with Crippen LogP contribution in [-0.2, 0) is 15.8 Å². The maximum Gasteiger partial charge on any atom is 0.416 e. The predicted molar refractivity (Wildman–Crippen MR) is 100 cm³/mol. The summed E-state index contributed by atoms with van der Waals surface area (Å²) >= 11 is 0. The van der Waals surface area contributed by atoms with Gasteiger partial charge in [-0.2, -0.15) is 13.2 Å². The van der Waals surface area contributed by atoms with E-state index < -0.39 is 17.7 Å². The van der Waals surface area contributed by atoms with Crippen molar-refractivity contribution in [1.82, 2.24) is 4.90 Å². The molecule has 1 atom stereocenters. The molecule has 0 spiro atoms. The second kappa shape index (κ2) is 7.63. The second-order valence-corrected chi connectivity index (χ2v) is 6.98. The van der Waals surface area contributed by atoms with Gasteiger partial charge < -0.3 is 15.5 Å². The Bertz CT molecular complexity index is 910. The largest absolute Gasteiger partial charge is 0.416 e. The van der Waals surface area contributed by atoms with E-state index in [-0.39, 0.29) is 30.3 Å². The lowest BCUT2D eigenvalue weighted by Crippen LogP contribution is -2.28. The number of alkyl halides is 3. The molecule has 0 unspecified atom stereocenters. The van der Waals surface area contributed by atoms with Gasteiger partial charge in [0, 0.05) is 23.7 Å². The number of rotatable bonds is 4. The molecule has 8 heteroatoms. The number of carbonyl (C=O) groups is 2. The molecule has 2 aromatic carbocycles. The van der Waals surface area contributed by atoms with Crippen molar-refractivity contribution >= 4 is 23.2 Å². The summed E-state index contributed by atoms with van der Waals surface area (Å²) in [6, 6.07) is 10.2. The topological polar surface area (TPSA) is 61.4 Å². The normalized spacial score (nSPS) is 16.5.